The molecule has 4 heterocycles. The molecule has 7 nitrogen and oxygen atoms in total. The van der Waals surface area contributed by atoms with Gasteiger partial charge in [-0.2, -0.15) is 0 Å². The lowest BCUT2D eigenvalue weighted by Gasteiger charge is -2.33. The average molecular weight is 416 g/mol. The van der Waals surface area contributed by atoms with Gasteiger partial charge in [0, 0.05) is 35.3 Å². The van der Waals surface area contributed by atoms with Gasteiger partial charge in [-0.3, -0.25) is 4.98 Å². The summed E-state index contributed by atoms with van der Waals surface area (Å²) in [5.74, 6) is 1.90. The fourth-order valence-corrected chi connectivity index (χ4v) is 3.79. The van der Waals surface area contributed by atoms with E-state index in [9.17, 15) is 0 Å². The first-order valence-electron chi connectivity index (χ1n) is 10.2. The molecular weight excluding hydrogens is 392 g/mol. The van der Waals surface area contributed by atoms with Crippen molar-refractivity contribution in [2.75, 3.05) is 13.2 Å². The number of benzene rings is 1. The number of pyridine rings is 2. The van der Waals surface area contributed by atoms with Crippen LogP contribution in [-0.2, 0) is 10.3 Å². The van der Waals surface area contributed by atoms with Crippen LogP contribution in [0.1, 0.15) is 31.9 Å². The van der Waals surface area contributed by atoms with E-state index < -0.39 is 5.54 Å². The van der Waals surface area contributed by atoms with E-state index in [1.807, 2.05) is 36.4 Å². The van der Waals surface area contributed by atoms with Crippen LogP contribution in [0.5, 0.6) is 17.4 Å². The number of hydrogen-bond acceptors (Lipinski definition) is 7. The summed E-state index contributed by atoms with van der Waals surface area (Å²) in [6, 6.07) is 11.8. The van der Waals surface area contributed by atoms with Gasteiger partial charge >= 0.3 is 0 Å². The predicted molar refractivity (Wildman–Crippen MR) is 117 cm³/mol. The van der Waals surface area contributed by atoms with Gasteiger partial charge in [0.25, 0.3) is 6.02 Å². The van der Waals surface area contributed by atoms with Crippen LogP contribution < -0.4 is 15.2 Å². The maximum absolute atomic E-state index is 6.14. The van der Waals surface area contributed by atoms with Gasteiger partial charge < -0.3 is 19.9 Å². The molecule has 5 rings (SSSR count). The molecule has 0 bridgehead atoms. The van der Waals surface area contributed by atoms with Crippen molar-refractivity contribution >= 4 is 6.02 Å². The molecule has 0 radical (unpaired) electrons. The number of ether oxygens (including phenoxy) is 3. The van der Waals surface area contributed by atoms with E-state index in [1.54, 1.807) is 18.6 Å². The molecule has 2 N–H and O–H groups in total. The molecule has 1 aromatic carbocycles. The normalized spacial score (nSPS) is 19.1. The van der Waals surface area contributed by atoms with Crippen molar-refractivity contribution in [1.82, 2.24) is 9.97 Å². The molecule has 0 unspecified atom stereocenters. The molecule has 3 aromatic rings. The maximum atomic E-state index is 6.14. The highest BCUT2D eigenvalue weighted by molar-refractivity contribution is 5.77. The Bertz CT molecular complexity index is 1170. The zero-order valence-electron chi connectivity index (χ0n) is 17.8. The second-order valence-electron chi connectivity index (χ2n) is 9.03. The number of aliphatic imine (C=N–C) groups is 1. The highest BCUT2D eigenvalue weighted by Gasteiger charge is 2.48. The van der Waals surface area contributed by atoms with Crippen LogP contribution in [0, 0.1) is 5.41 Å². The standard InChI is InChI=1S/C24H24N4O3/c1-23(2,3)13-29-17-6-7-20-18(10-17)24(14-30-22(25)28-24)19-9-16(12-27-21(19)31-20)15-5-4-8-26-11-15/h4-12H,13-14H2,1-3H3,(H2,25,28)/t24-/m0/s1. The highest BCUT2D eigenvalue weighted by Crippen LogP contribution is 2.51. The smallest absolute Gasteiger partial charge is 0.283 e. The van der Waals surface area contributed by atoms with Crippen molar-refractivity contribution in [2.45, 2.75) is 26.3 Å². The Morgan fingerprint density at radius 3 is 2.68 bits per heavy atom. The van der Waals surface area contributed by atoms with E-state index in [4.69, 9.17) is 24.9 Å². The van der Waals surface area contributed by atoms with Crippen LogP contribution in [0.15, 0.2) is 60.0 Å². The molecule has 0 saturated carbocycles. The first kappa shape index (κ1) is 19.4. The SMILES string of the molecule is CC(C)(C)COc1ccc2c(c1)[C@@]1(COC(N)=N1)c1cc(-c3cccnc3)cnc1O2. The zero-order valence-corrected chi connectivity index (χ0v) is 17.8. The number of nitrogens with two attached hydrogens (primary N) is 1. The lowest BCUT2D eigenvalue weighted by atomic mass is 9.81. The van der Waals surface area contributed by atoms with Crippen molar-refractivity contribution in [3.05, 3.63) is 66.1 Å². The van der Waals surface area contributed by atoms with Gasteiger partial charge in [-0.05, 0) is 35.7 Å². The quantitative estimate of drug-likeness (QED) is 0.686. The van der Waals surface area contributed by atoms with Crippen molar-refractivity contribution in [1.29, 1.82) is 0 Å². The second-order valence-corrected chi connectivity index (χ2v) is 9.03. The molecule has 2 aromatic heterocycles. The van der Waals surface area contributed by atoms with Gasteiger partial charge in [-0.25, -0.2) is 9.98 Å². The number of aromatic nitrogens is 2. The fourth-order valence-electron chi connectivity index (χ4n) is 3.79. The van der Waals surface area contributed by atoms with Gasteiger partial charge in [0.1, 0.15) is 18.1 Å². The number of hydrogen-bond donors (Lipinski definition) is 1. The van der Waals surface area contributed by atoms with Crippen molar-refractivity contribution in [2.24, 2.45) is 16.1 Å². The van der Waals surface area contributed by atoms with Crippen LogP contribution in [0.3, 0.4) is 0 Å². The van der Waals surface area contributed by atoms with E-state index >= 15 is 0 Å². The van der Waals surface area contributed by atoms with Gasteiger partial charge in [0.2, 0.25) is 5.88 Å². The number of fused-ring (bicyclic) bond motifs is 4. The third kappa shape index (κ3) is 3.46. The molecule has 31 heavy (non-hydrogen) atoms. The molecule has 2 aliphatic heterocycles. The Kier molecular flexibility index (Phi) is 4.36. The van der Waals surface area contributed by atoms with E-state index in [0.717, 1.165) is 28.0 Å². The summed E-state index contributed by atoms with van der Waals surface area (Å²) in [5.41, 5.74) is 8.69. The maximum Gasteiger partial charge on any atom is 0.283 e. The zero-order chi connectivity index (χ0) is 21.6. The minimum Gasteiger partial charge on any atom is -0.493 e. The Balaban J connectivity index is 1.63. The van der Waals surface area contributed by atoms with Crippen LogP contribution in [0.25, 0.3) is 11.1 Å². The van der Waals surface area contributed by atoms with Crippen molar-refractivity contribution in [3.8, 4) is 28.5 Å². The molecule has 158 valence electrons. The van der Waals surface area contributed by atoms with Gasteiger partial charge in [-0.1, -0.05) is 26.8 Å². The lowest BCUT2D eigenvalue weighted by Crippen LogP contribution is -2.31. The number of rotatable bonds is 3. The molecule has 1 spiro atoms. The predicted octanol–water partition coefficient (Wildman–Crippen LogP) is 4.26. The third-order valence-electron chi connectivity index (χ3n) is 5.30. The molecule has 1 atom stereocenters. The van der Waals surface area contributed by atoms with E-state index in [1.165, 1.54) is 0 Å². The summed E-state index contributed by atoms with van der Waals surface area (Å²) in [6.07, 6.45) is 5.32. The van der Waals surface area contributed by atoms with E-state index in [2.05, 4.69) is 30.7 Å². The van der Waals surface area contributed by atoms with E-state index in [0.29, 0.717) is 18.2 Å². The van der Waals surface area contributed by atoms with Crippen LogP contribution in [-0.4, -0.2) is 29.2 Å². The third-order valence-corrected chi connectivity index (χ3v) is 5.30. The van der Waals surface area contributed by atoms with E-state index in [-0.39, 0.29) is 18.0 Å². The van der Waals surface area contributed by atoms with Crippen LogP contribution in [0.4, 0.5) is 0 Å². The largest absolute Gasteiger partial charge is 0.493 e. The highest BCUT2D eigenvalue weighted by atomic mass is 16.5. The van der Waals surface area contributed by atoms with Gasteiger partial charge in [0.15, 0.2) is 5.54 Å². The van der Waals surface area contributed by atoms with Gasteiger partial charge in [-0.15, -0.1) is 0 Å². The second kappa shape index (κ2) is 6.97. The lowest BCUT2D eigenvalue weighted by molar-refractivity contribution is 0.197. The first-order valence-corrected chi connectivity index (χ1v) is 10.2. The molecular formula is C24H24N4O3. The van der Waals surface area contributed by atoms with Gasteiger partial charge in [0.05, 0.1) is 12.2 Å². The first-order chi connectivity index (χ1) is 14.8. The summed E-state index contributed by atoms with van der Waals surface area (Å²) < 4.78 is 17.8. The summed E-state index contributed by atoms with van der Waals surface area (Å²) in [4.78, 5) is 13.5. The summed E-state index contributed by atoms with van der Waals surface area (Å²) >= 11 is 0. The fraction of sp³-hybridized carbons (Fsp3) is 0.292. The molecule has 0 aliphatic carbocycles. The van der Waals surface area contributed by atoms with Crippen molar-refractivity contribution < 1.29 is 14.2 Å². The van der Waals surface area contributed by atoms with Crippen LogP contribution in [0.2, 0.25) is 0 Å². The summed E-state index contributed by atoms with van der Waals surface area (Å²) in [5, 5.41) is 0. The Hall–Kier alpha value is -3.61. The van der Waals surface area contributed by atoms with Crippen LogP contribution >= 0.6 is 0 Å². The topological polar surface area (TPSA) is 91.9 Å². The number of nitrogens with zero attached hydrogens (tertiary/aromatic N) is 3. The Morgan fingerprint density at radius 2 is 1.97 bits per heavy atom. The summed E-state index contributed by atoms with van der Waals surface area (Å²) in [7, 11) is 0. The number of amidine groups is 1. The average Bonchev–Trinajstić information content (AvgIpc) is 3.15. The molecule has 0 saturated heterocycles. The Labute approximate surface area is 180 Å². The minimum absolute atomic E-state index is 0.0400. The monoisotopic (exact) mass is 416 g/mol. The van der Waals surface area contributed by atoms with Crippen molar-refractivity contribution in [3.63, 3.8) is 0 Å². The minimum atomic E-state index is -0.848. The summed E-state index contributed by atoms with van der Waals surface area (Å²) in [6.45, 7) is 7.25. The molecule has 2 aliphatic rings. The Morgan fingerprint density at radius 1 is 1.10 bits per heavy atom. The molecule has 0 amide bonds. The molecule has 0 fully saturated rings. The molecule has 7 heteroatoms.